The summed E-state index contributed by atoms with van der Waals surface area (Å²) in [5, 5.41) is 9.00. The Morgan fingerprint density at radius 2 is 1.81 bits per heavy atom. The maximum atomic E-state index is 13.4. The molecule has 0 amide bonds. The number of aromatic nitrogens is 4. The van der Waals surface area contributed by atoms with Crippen molar-refractivity contribution in [1.29, 1.82) is 0 Å². The molecule has 4 rings (SSSR count). The zero-order valence-corrected chi connectivity index (χ0v) is 22.3. The Kier molecular flexibility index (Phi) is 8.79. The zero-order chi connectivity index (χ0) is 25.5. The van der Waals surface area contributed by atoms with Crippen LogP contribution in [0.4, 0.5) is 0 Å². The maximum Gasteiger partial charge on any atom is 0.214 e. The van der Waals surface area contributed by atoms with E-state index in [1.54, 1.807) is 0 Å². The van der Waals surface area contributed by atoms with Gasteiger partial charge in [0.05, 0.1) is 12.3 Å². The molecule has 4 aromatic rings. The number of benzene rings is 2. The van der Waals surface area contributed by atoms with E-state index in [0.717, 1.165) is 41.7 Å². The van der Waals surface area contributed by atoms with Crippen LogP contribution in [0.25, 0.3) is 10.9 Å². The Balaban J connectivity index is 1.49. The summed E-state index contributed by atoms with van der Waals surface area (Å²) in [6.07, 6.45) is 3.02. The number of H-pyrrole nitrogens is 2. The van der Waals surface area contributed by atoms with Crippen molar-refractivity contribution in [2.45, 2.75) is 39.8 Å². The number of fused-ring (bicyclic) bond motifs is 1. The molecule has 0 atom stereocenters. The summed E-state index contributed by atoms with van der Waals surface area (Å²) in [6, 6.07) is 15.3. The standard InChI is InChI=1S/C26H33ClN6O2S/c1-3-32(4-2)13-8-14-36(34,35)33(18-20-9-6-5-7-10-20)19-26-29-25(30-31-26)15-21-17-28-24-12-11-22(27)16-23(21)24/h5-7,9-12,16-17,28H,3-4,8,13-15,18-19H2,1-2H3,(H,29,30,31). The molecule has 0 aliphatic rings. The molecule has 0 unspecified atom stereocenters. The normalized spacial score (nSPS) is 12.2. The van der Waals surface area contributed by atoms with Gasteiger partial charge in [-0.25, -0.2) is 13.4 Å². The van der Waals surface area contributed by atoms with Crippen LogP contribution < -0.4 is 0 Å². The molecule has 0 fully saturated rings. The van der Waals surface area contributed by atoms with Crippen molar-refractivity contribution in [3.05, 3.63) is 82.5 Å². The first-order valence-electron chi connectivity index (χ1n) is 12.3. The highest BCUT2D eigenvalue weighted by Gasteiger charge is 2.24. The molecule has 2 aromatic heterocycles. The number of hydrogen-bond donors (Lipinski definition) is 2. The molecule has 2 heterocycles. The molecule has 8 nitrogen and oxygen atoms in total. The van der Waals surface area contributed by atoms with Crippen molar-refractivity contribution < 1.29 is 8.42 Å². The van der Waals surface area contributed by atoms with E-state index in [-0.39, 0.29) is 18.8 Å². The third-order valence-electron chi connectivity index (χ3n) is 6.35. The van der Waals surface area contributed by atoms with Gasteiger partial charge in [0.2, 0.25) is 10.0 Å². The Bertz CT molecular complexity index is 1370. The van der Waals surface area contributed by atoms with Crippen LogP contribution in [0.1, 0.15) is 43.0 Å². The molecule has 10 heteroatoms. The SMILES string of the molecule is CCN(CC)CCCS(=O)(=O)N(Cc1ccccc1)Cc1nc(Cc2c[nH]c3ccc(Cl)cc23)n[nH]1. The molecule has 0 bridgehead atoms. The average molecular weight is 529 g/mol. The van der Waals surface area contributed by atoms with E-state index in [2.05, 4.69) is 38.9 Å². The highest BCUT2D eigenvalue weighted by atomic mass is 35.5. The van der Waals surface area contributed by atoms with Gasteiger partial charge in [0.15, 0.2) is 5.82 Å². The fourth-order valence-electron chi connectivity index (χ4n) is 4.30. The molecule has 2 N–H and O–H groups in total. The van der Waals surface area contributed by atoms with Crippen LogP contribution in [0.3, 0.4) is 0 Å². The summed E-state index contributed by atoms with van der Waals surface area (Å²) in [7, 11) is -3.51. The largest absolute Gasteiger partial charge is 0.361 e. The molecule has 0 saturated carbocycles. The summed E-state index contributed by atoms with van der Waals surface area (Å²) in [6.45, 7) is 7.17. The Morgan fingerprint density at radius 1 is 1.03 bits per heavy atom. The lowest BCUT2D eigenvalue weighted by Crippen LogP contribution is -2.34. The lowest BCUT2D eigenvalue weighted by Gasteiger charge is -2.23. The molecule has 192 valence electrons. The fourth-order valence-corrected chi connectivity index (χ4v) is 5.89. The van der Waals surface area contributed by atoms with Crippen LogP contribution in [-0.4, -0.2) is 63.2 Å². The van der Waals surface area contributed by atoms with E-state index < -0.39 is 10.0 Å². The van der Waals surface area contributed by atoms with Crippen molar-refractivity contribution in [2.24, 2.45) is 0 Å². The number of nitrogens with zero attached hydrogens (tertiary/aromatic N) is 4. The van der Waals surface area contributed by atoms with Gasteiger partial charge in [-0.05, 0) is 55.4 Å². The van der Waals surface area contributed by atoms with Gasteiger partial charge in [-0.15, -0.1) is 0 Å². The van der Waals surface area contributed by atoms with E-state index in [1.807, 2.05) is 54.7 Å². The second kappa shape index (κ2) is 12.0. The zero-order valence-electron chi connectivity index (χ0n) is 20.7. The topological polar surface area (TPSA) is 98.0 Å². The highest BCUT2D eigenvalue weighted by Crippen LogP contribution is 2.24. The minimum absolute atomic E-state index is 0.0907. The number of halogens is 1. The van der Waals surface area contributed by atoms with Crippen LogP contribution in [0.15, 0.2) is 54.7 Å². The Labute approximate surface area is 217 Å². The van der Waals surface area contributed by atoms with Gasteiger partial charge in [-0.1, -0.05) is 55.8 Å². The van der Waals surface area contributed by atoms with E-state index >= 15 is 0 Å². The van der Waals surface area contributed by atoms with Gasteiger partial charge in [-0.2, -0.15) is 9.40 Å². The number of nitrogens with one attached hydrogen (secondary N) is 2. The third-order valence-corrected chi connectivity index (χ3v) is 8.43. The highest BCUT2D eigenvalue weighted by molar-refractivity contribution is 7.89. The summed E-state index contributed by atoms with van der Waals surface area (Å²) in [5.74, 6) is 1.21. The fraction of sp³-hybridized carbons (Fsp3) is 0.385. The Morgan fingerprint density at radius 3 is 2.56 bits per heavy atom. The van der Waals surface area contributed by atoms with Gasteiger partial charge < -0.3 is 9.88 Å². The van der Waals surface area contributed by atoms with Gasteiger partial charge in [-0.3, -0.25) is 5.10 Å². The summed E-state index contributed by atoms with van der Waals surface area (Å²) in [4.78, 5) is 10.1. The van der Waals surface area contributed by atoms with E-state index in [0.29, 0.717) is 29.5 Å². The minimum atomic E-state index is -3.51. The molecule has 0 aliphatic heterocycles. The second-order valence-corrected chi connectivity index (χ2v) is 11.4. The molecule has 0 radical (unpaired) electrons. The first-order valence-corrected chi connectivity index (χ1v) is 14.3. The van der Waals surface area contributed by atoms with Crippen molar-refractivity contribution in [2.75, 3.05) is 25.4 Å². The summed E-state index contributed by atoms with van der Waals surface area (Å²) in [5.41, 5.74) is 2.96. The first kappa shape index (κ1) is 26.3. The molecule has 0 aliphatic carbocycles. The lowest BCUT2D eigenvalue weighted by molar-refractivity contribution is 0.303. The molecule has 0 saturated heterocycles. The maximum absolute atomic E-state index is 13.4. The van der Waals surface area contributed by atoms with Gasteiger partial charge in [0.25, 0.3) is 0 Å². The summed E-state index contributed by atoms with van der Waals surface area (Å²) >= 11 is 6.17. The monoisotopic (exact) mass is 528 g/mol. The molecular formula is C26H33ClN6O2S. The van der Waals surface area contributed by atoms with Crippen LogP contribution in [0.5, 0.6) is 0 Å². The van der Waals surface area contributed by atoms with Crippen LogP contribution in [-0.2, 0) is 29.5 Å². The van der Waals surface area contributed by atoms with Crippen molar-refractivity contribution in [3.8, 4) is 0 Å². The molecule has 36 heavy (non-hydrogen) atoms. The van der Waals surface area contributed by atoms with Crippen LogP contribution in [0, 0.1) is 0 Å². The van der Waals surface area contributed by atoms with Crippen molar-refractivity contribution in [3.63, 3.8) is 0 Å². The Hall–Kier alpha value is -2.72. The molecule has 2 aromatic carbocycles. The molecular weight excluding hydrogens is 496 g/mol. The number of sulfonamides is 1. The third kappa shape index (κ3) is 6.73. The quantitative estimate of drug-likeness (QED) is 0.264. The predicted octanol–water partition coefficient (Wildman–Crippen LogP) is 4.59. The minimum Gasteiger partial charge on any atom is -0.361 e. The number of hydrogen-bond acceptors (Lipinski definition) is 5. The van der Waals surface area contributed by atoms with Gasteiger partial charge >= 0.3 is 0 Å². The van der Waals surface area contributed by atoms with Crippen molar-refractivity contribution in [1.82, 2.24) is 29.4 Å². The predicted molar refractivity (Wildman–Crippen MR) is 144 cm³/mol. The second-order valence-electron chi connectivity index (χ2n) is 8.83. The first-order chi connectivity index (χ1) is 17.4. The molecule has 0 spiro atoms. The van der Waals surface area contributed by atoms with E-state index in [9.17, 15) is 8.42 Å². The van der Waals surface area contributed by atoms with Crippen LogP contribution >= 0.6 is 11.6 Å². The van der Waals surface area contributed by atoms with Crippen molar-refractivity contribution >= 4 is 32.5 Å². The van der Waals surface area contributed by atoms with Gasteiger partial charge in [0, 0.05) is 35.1 Å². The van der Waals surface area contributed by atoms with Crippen LogP contribution in [0.2, 0.25) is 5.02 Å². The number of aromatic amines is 2. The summed E-state index contributed by atoms with van der Waals surface area (Å²) < 4.78 is 28.2. The van der Waals surface area contributed by atoms with E-state index in [4.69, 9.17) is 11.6 Å². The number of rotatable bonds is 13. The lowest BCUT2D eigenvalue weighted by atomic mass is 10.1. The average Bonchev–Trinajstić information content (AvgIpc) is 3.49. The van der Waals surface area contributed by atoms with Gasteiger partial charge in [0.1, 0.15) is 5.82 Å². The van der Waals surface area contributed by atoms with E-state index in [1.165, 1.54) is 4.31 Å². The smallest absolute Gasteiger partial charge is 0.214 e.